The zero-order valence-corrected chi connectivity index (χ0v) is 6.73. The Morgan fingerprint density at radius 2 is 1.90 bits per heavy atom. The molecule has 0 spiro atoms. The van der Waals surface area contributed by atoms with Crippen LogP contribution in [0.25, 0.3) is 0 Å². The maximum atomic E-state index is 7.40. The van der Waals surface area contributed by atoms with E-state index in [0.29, 0.717) is 11.4 Å². The molecule has 0 bridgehead atoms. The third-order valence-electron chi connectivity index (χ3n) is 1.33. The maximum absolute atomic E-state index is 7.40. The van der Waals surface area contributed by atoms with Crippen LogP contribution in [0.15, 0.2) is 23.4 Å². The lowest BCUT2D eigenvalue weighted by Gasteiger charge is -1.99. The van der Waals surface area contributed by atoms with Crippen molar-refractivity contribution in [3.8, 4) is 0 Å². The van der Waals surface area contributed by atoms with E-state index in [1.165, 1.54) is 0 Å². The van der Waals surface area contributed by atoms with Gasteiger partial charge in [0.15, 0.2) is 0 Å². The third-order valence-corrected chi connectivity index (χ3v) is 1.33. The van der Waals surface area contributed by atoms with Crippen molar-refractivity contribution in [2.24, 2.45) is 5.73 Å². The molecule has 0 saturated heterocycles. The lowest BCUT2D eigenvalue weighted by Crippen LogP contribution is -2.02. The van der Waals surface area contributed by atoms with E-state index >= 15 is 0 Å². The molecule has 2 heteroatoms. The van der Waals surface area contributed by atoms with Gasteiger partial charge in [0.1, 0.15) is 0 Å². The van der Waals surface area contributed by atoms with Crippen LogP contribution in [0.1, 0.15) is 20.8 Å². The molecule has 0 saturated carbocycles. The molecule has 2 nitrogen and oxygen atoms in total. The molecule has 3 N–H and O–H groups in total. The van der Waals surface area contributed by atoms with Gasteiger partial charge in [0.05, 0.1) is 5.71 Å². The van der Waals surface area contributed by atoms with E-state index in [2.05, 4.69) is 0 Å². The molecule has 0 aromatic heterocycles. The summed E-state index contributed by atoms with van der Waals surface area (Å²) in [4.78, 5) is 0. The average molecular weight is 138 g/mol. The first-order valence-electron chi connectivity index (χ1n) is 3.24. The summed E-state index contributed by atoms with van der Waals surface area (Å²) in [5.41, 5.74) is 7.52. The smallest absolute Gasteiger partial charge is 0.0582 e. The Kier molecular flexibility index (Phi) is 3.47. The van der Waals surface area contributed by atoms with E-state index in [9.17, 15) is 0 Å². The molecule has 0 aliphatic heterocycles. The Hall–Kier alpha value is -1.05. The SMILES string of the molecule is C/C=C\C(=N)/C(C)=C(/C)N. The molecule has 0 heterocycles. The summed E-state index contributed by atoms with van der Waals surface area (Å²) in [6, 6.07) is 0. The highest BCUT2D eigenvalue weighted by atomic mass is 14.6. The van der Waals surface area contributed by atoms with Gasteiger partial charge in [-0.1, -0.05) is 6.08 Å². The van der Waals surface area contributed by atoms with Crippen molar-refractivity contribution in [3.63, 3.8) is 0 Å². The van der Waals surface area contributed by atoms with Crippen LogP contribution in [-0.2, 0) is 0 Å². The predicted molar refractivity (Wildman–Crippen MR) is 45.1 cm³/mol. The molecule has 0 atom stereocenters. The van der Waals surface area contributed by atoms with E-state index in [1.54, 1.807) is 13.0 Å². The zero-order valence-electron chi connectivity index (χ0n) is 6.73. The number of allylic oxidation sites excluding steroid dienone is 4. The van der Waals surface area contributed by atoms with Gasteiger partial charge in [-0.3, -0.25) is 0 Å². The minimum absolute atomic E-state index is 0.488. The standard InChI is InChI=1S/C8H14N2/c1-4-5-8(10)6(2)7(3)9/h4-5,10H,9H2,1-3H3/b5-4-,7-6-,10-8?. The summed E-state index contributed by atoms with van der Waals surface area (Å²) in [7, 11) is 0. The highest BCUT2D eigenvalue weighted by Gasteiger charge is 1.95. The first-order chi connectivity index (χ1) is 4.59. The Balaban J connectivity index is 4.38. The van der Waals surface area contributed by atoms with Crippen molar-refractivity contribution in [2.75, 3.05) is 0 Å². The second-order valence-corrected chi connectivity index (χ2v) is 2.22. The van der Waals surface area contributed by atoms with E-state index in [1.807, 2.05) is 19.9 Å². The molecule has 0 aliphatic rings. The van der Waals surface area contributed by atoms with Crippen LogP contribution in [0.4, 0.5) is 0 Å². The van der Waals surface area contributed by atoms with Crippen LogP contribution < -0.4 is 5.73 Å². The predicted octanol–water partition coefficient (Wildman–Crippen LogP) is 1.83. The molecule has 0 fully saturated rings. The van der Waals surface area contributed by atoms with Gasteiger partial charge in [0.25, 0.3) is 0 Å². The first kappa shape index (κ1) is 8.95. The normalized spacial score (nSPS) is 13.5. The number of rotatable bonds is 2. The lowest BCUT2D eigenvalue weighted by molar-refractivity contribution is 1.25. The Bertz CT molecular complexity index is 183. The van der Waals surface area contributed by atoms with Crippen LogP contribution in [0, 0.1) is 5.41 Å². The molecule has 0 aromatic rings. The topological polar surface area (TPSA) is 49.9 Å². The number of nitrogens with one attached hydrogen (secondary N) is 1. The number of nitrogens with two attached hydrogens (primary N) is 1. The Morgan fingerprint density at radius 1 is 1.40 bits per heavy atom. The van der Waals surface area contributed by atoms with Crippen LogP contribution in [0.5, 0.6) is 0 Å². The van der Waals surface area contributed by atoms with Gasteiger partial charge in [0.2, 0.25) is 0 Å². The highest BCUT2D eigenvalue weighted by molar-refractivity contribution is 6.05. The minimum Gasteiger partial charge on any atom is -0.402 e. The van der Waals surface area contributed by atoms with E-state index in [4.69, 9.17) is 11.1 Å². The van der Waals surface area contributed by atoms with Gasteiger partial charge in [-0.05, 0) is 32.4 Å². The van der Waals surface area contributed by atoms with Crippen molar-refractivity contribution in [3.05, 3.63) is 23.4 Å². The fourth-order valence-electron chi connectivity index (χ4n) is 0.504. The van der Waals surface area contributed by atoms with Crippen molar-refractivity contribution in [1.29, 1.82) is 5.41 Å². The summed E-state index contributed by atoms with van der Waals surface area (Å²) in [6.45, 7) is 5.53. The molecule has 0 radical (unpaired) electrons. The quantitative estimate of drug-likeness (QED) is 0.562. The zero-order chi connectivity index (χ0) is 8.15. The van der Waals surface area contributed by atoms with Crippen molar-refractivity contribution >= 4 is 5.71 Å². The molecular weight excluding hydrogens is 124 g/mol. The van der Waals surface area contributed by atoms with Crippen LogP contribution in [-0.4, -0.2) is 5.71 Å². The first-order valence-corrected chi connectivity index (χ1v) is 3.24. The van der Waals surface area contributed by atoms with Gasteiger partial charge in [0, 0.05) is 5.70 Å². The summed E-state index contributed by atoms with van der Waals surface area (Å²) in [5, 5.41) is 7.40. The lowest BCUT2D eigenvalue weighted by atomic mass is 10.1. The van der Waals surface area contributed by atoms with E-state index < -0.39 is 0 Å². The molecule has 0 aromatic carbocycles. The monoisotopic (exact) mass is 138 g/mol. The van der Waals surface area contributed by atoms with Crippen LogP contribution >= 0.6 is 0 Å². The fraction of sp³-hybridized carbons (Fsp3) is 0.375. The summed E-state index contributed by atoms with van der Waals surface area (Å²) < 4.78 is 0. The second-order valence-electron chi connectivity index (χ2n) is 2.22. The van der Waals surface area contributed by atoms with Crippen molar-refractivity contribution in [2.45, 2.75) is 20.8 Å². The fourth-order valence-corrected chi connectivity index (χ4v) is 0.504. The molecule has 56 valence electrons. The third kappa shape index (κ3) is 2.49. The van der Waals surface area contributed by atoms with Crippen LogP contribution in [0.2, 0.25) is 0 Å². The highest BCUT2D eigenvalue weighted by Crippen LogP contribution is 1.99. The van der Waals surface area contributed by atoms with E-state index in [-0.39, 0.29) is 0 Å². The van der Waals surface area contributed by atoms with E-state index in [0.717, 1.165) is 5.57 Å². The van der Waals surface area contributed by atoms with Crippen molar-refractivity contribution < 1.29 is 0 Å². The Labute approximate surface area is 61.9 Å². The molecular formula is C8H14N2. The molecule has 0 aliphatic carbocycles. The Morgan fingerprint density at radius 3 is 2.20 bits per heavy atom. The minimum atomic E-state index is 0.488. The largest absolute Gasteiger partial charge is 0.402 e. The maximum Gasteiger partial charge on any atom is 0.0582 e. The summed E-state index contributed by atoms with van der Waals surface area (Å²) >= 11 is 0. The number of hydrogen-bond acceptors (Lipinski definition) is 2. The molecule has 10 heavy (non-hydrogen) atoms. The number of hydrogen-bond donors (Lipinski definition) is 2. The van der Waals surface area contributed by atoms with Gasteiger partial charge in [-0.25, -0.2) is 0 Å². The molecule has 0 rings (SSSR count). The van der Waals surface area contributed by atoms with Gasteiger partial charge < -0.3 is 11.1 Å². The van der Waals surface area contributed by atoms with Gasteiger partial charge in [-0.2, -0.15) is 0 Å². The average Bonchev–Trinajstić information content (AvgIpc) is 1.87. The van der Waals surface area contributed by atoms with Crippen LogP contribution in [0.3, 0.4) is 0 Å². The van der Waals surface area contributed by atoms with Crippen molar-refractivity contribution in [1.82, 2.24) is 0 Å². The summed E-state index contributed by atoms with van der Waals surface area (Å²) in [6.07, 6.45) is 3.56. The summed E-state index contributed by atoms with van der Waals surface area (Å²) in [5.74, 6) is 0. The van der Waals surface area contributed by atoms with Gasteiger partial charge in [-0.15, -0.1) is 0 Å². The van der Waals surface area contributed by atoms with Gasteiger partial charge >= 0.3 is 0 Å². The molecule has 0 unspecified atom stereocenters. The molecule has 0 amide bonds. The second kappa shape index (κ2) is 3.88.